The van der Waals surface area contributed by atoms with E-state index in [0.717, 1.165) is 24.3 Å². The molecule has 0 aromatic rings. The van der Waals surface area contributed by atoms with Gasteiger partial charge in [-0.15, -0.1) is 0 Å². The molecule has 102 valence electrons. The molecule has 0 saturated heterocycles. The first-order valence-corrected chi connectivity index (χ1v) is 7.66. The van der Waals surface area contributed by atoms with Crippen LogP contribution in [0.1, 0.15) is 45.4 Å². The fourth-order valence-corrected chi connectivity index (χ4v) is 4.06. The Labute approximate surface area is 110 Å². The van der Waals surface area contributed by atoms with Gasteiger partial charge in [-0.3, -0.25) is 9.69 Å². The van der Waals surface area contributed by atoms with Crippen LogP contribution in [0.3, 0.4) is 0 Å². The van der Waals surface area contributed by atoms with Crippen LogP contribution in [0, 0.1) is 17.8 Å². The van der Waals surface area contributed by atoms with Crippen molar-refractivity contribution in [2.24, 2.45) is 17.8 Å². The van der Waals surface area contributed by atoms with Crippen molar-refractivity contribution in [2.45, 2.75) is 51.5 Å². The van der Waals surface area contributed by atoms with Gasteiger partial charge in [0.2, 0.25) is 0 Å². The van der Waals surface area contributed by atoms with Crippen LogP contribution < -0.4 is 0 Å². The van der Waals surface area contributed by atoms with Crippen LogP contribution in [-0.4, -0.2) is 36.6 Å². The molecular weight excluding hydrogens is 226 g/mol. The molecule has 0 N–H and O–H groups in total. The fraction of sp³-hybridized carbons (Fsp3) is 0.933. The van der Waals surface area contributed by atoms with Gasteiger partial charge in [0, 0.05) is 12.6 Å². The second kappa shape index (κ2) is 5.20. The summed E-state index contributed by atoms with van der Waals surface area (Å²) in [5.74, 6) is 2.79. The van der Waals surface area contributed by atoms with Crippen LogP contribution in [-0.2, 0) is 9.53 Å². The van der Waals surface area contributed by atoms with Gasteiger partial charge in [0.1, 0.15) is 0 Å². The Hall–Kier alpha value is -0.570. The molecule has 3 aliphatic carbocycles. The monoisotopic (exact) mass is 251 g/mol. The maximum atomic E-state index is 11.7. The summed E-state index contributed by atoms with van der Waals surface area (Å²) in [4.78, 5) is 14.1. The molecule has 3 aliphatic rings. The third-order valence-corrected chi connectivity index (χ3v) is 5.05. The molecule has 3 atom stereocenters. The lowest BCUT2D eigenvalue weighted by Gasteiger charge is -2.29. The third kappa shape index (κ3) is 2.71. The summed E-state index contributed by atoms with van der Waals surface area (Å²) in [6.45, 7) is 4.05. The standard InChI is InChI=1S/C15H25NO2/c1-2-18-15(17)10-16(14-5-6-14)9-13-8-11-3-4-12(13)7-11/h11-14H,2-10H2,1H3. The third-order valence-electron chi connectivity index (χ3n) is 5.05. The van der Waals surface area contributed by atoms with E-state index in [2.05, 4.69) is 4.90 Å². The average molecular weight is 251 g/mol. The van der Waals surface area contributed by atoms with Gasteiger partial charge in [-0.25, -0.2) is 0 Å². The number of esters is 1. The Balaban J connectivity index is 1.52. The van der Waals surface area contributed by atoms with Gasteiger partial charge in [-0.05, 0) is 56.8 Å². The van der Waals surface area contributed by atoms with Gasteiger partial charge in [-0.2, -0.15) is 0 Å². The lowest BCUT2D eigenvalue weighted by Crippen LogP contribution is -2.38. The quantitative estimate of drug-likeness (QED) is 0.679. The van der Waals surface area contributed by atoms with Gasteiger partial charge >= 0.3 is 5.97 Å². The minimum atomic E-state index is -0.0347. The lowest BCUT2D eigenvalue weighted by molar-refractivity contribution is -0.144. The molecule has 0 heterocycles. The summed E-state index contributed by atoms with van der Waals surface area (Å²) in [5, 5.41) is 0. The summed E-state index contributed by atoms with van der Waals surface area (Å²) in [6.07, 6.45) is 8.33. The van der Waals surface area contributed by atoms with E-state index >= 15 is 0 Å². The zero-order valence-electron chi connectivity index (χ0n) is 11.4. The van der Waals surface area contributed by atoms with Gasteiger partial charge < -0.3 is 4.74 Å². The largest absolute Gasteiger partial charge is 0.465 e. The minimum absolute atomic E-state index is 0.0347. The highest BCUT2D eigenvalue weighted by Gasteiger charge is 2.42. The molecule has 0 spiro atoms. The van der Waals surface area contributed by atoms with Crippen LogP contribution in [0.5, 0.6) is 0 Å². The Morgan fingerprint density at radius 1 is 1.22 bits per heavy atom. The van der Waals surface area contributed by atoms with E-state index in [1.54, 1.807) is 0 Å². The van der Waals surface area contributed by atoms with Crippen molar-refractivity contribution < 1.29 is 9.53 Å². The molecule has 3 fully saturated rings. The topological polar surface area (TPSA) is 29.5 Å². The Morgan fingerprint density at radius 3 is 2.61 bits per heavy atom. The van der Waals surface area contributed by atoms with Crippen LogP contribution in [0.25, 0.3) is 0 Å². The van der Waals surface area contributed by atoms with Crippen LogP contribution in [0.2, 0.25) is 0 Å². The molecule has 0 radical (unpaired) electrons. The summed E-state index contributed by atoms with van der Waals surface area (Å²) in [5.41, 5.74) is 0. The maximum Gasteiger partial charge on any atom is 0.320 e. The Kier molecular flexibility index (Phi) is 3.60. The summed E-state index contributed by atoms with van der Waals surface area (Å²) >= 11 is 0. The summed E-state index contributed by atoms with van der Waals surface area (Å²) in [6, 6.07) is 0.675. The first-order valence-electron chi connectivity index (χ1n) is 7.66. The molecule has 0 aromatic heterocycles. The van der Waals surface area contributed by atoms with Crippen molar-refractivity contribution in [3.05, 3.63) is 0 Å². The van der Waals surface area contributed by atoms with E-state index < -0.39 is 0 Å². The molecule has 3 nitrogen and oxygen atoms in total. The number of rotatable bonds is 6. The first kappa shape index (κ1) is 12.5. The van der Waals surface area contributed by atoms with Gasteiger partial charge in [-0.1, -0.05) is 6.42 Å². The number of hydrogen-bond acceptors (Lipinski definition) is 3. The molecule has 0 amide bonds. The summed E-state index contributed by atoms with van der Waals surface area (Å²) in [7, 11) is 0. The van der Waals surface area contributed by atoms with Crippen molar-refractivity contribution in [2.75, 3.05) is 19.7 Å². The zero-order chi connectivity index (χ0) is 12.5. The predicted octanol–water partition coefficient (Wildman–Crippen LogP) is 2.45. The zero-order valence-corrected chi connectivity index (χ0v) is 11.4. The number of fused-ring (bicyclic) bond motifs is 2. The van der Waals surface area contributed by atoms with Crippen LogP contribution in [0.15, 0.2) is 0 Å². The number of nitrogens with zero attached hydrogens (tertiary/aromatic N) is 1. The fourth-order valence-electron chi connectivity index (χ4n) is 4.06. The highest BCUT2D eigenvalue weighted by Crippen LogP contribution is 2.49. The van der Waals surface area contributed by atoms with Gasteiger partial charge in [0.15, 0.2) is 0 Å². The highest BCUT2D eigenvalue weighted by molar-refractivity contribution is 5.71. The molecule has 3 unspecified atom stereocenters. The maximum absolute atomic E-state index is 11.7. The van der Waals surface area contributed by atoms with E-state index in [4.69, 9.17) is 4.74 Å². The lowest BCUT2D eigenvalue weighted by atomic mass is 9.88. The van der Waals surface area contributed by atoms with E-state index in [9.17, 15) is 4.79 Å². The Bertz CT molecular complexity index is 314. The van der Waals surface area contributed by atoms with Crippen LogP contribution >= 0.6 is 0 Å². The van der Waals surface area contributed by atoms with Crippen LogP contribution in [0.4, 0.5) is 0 Å². The van der Waals surface area contributed by atoms with Crippen molar-refractivity contribution >= 4 is 5.97 Å². The van der Waals surface area contributed by atoms with E-state index in [1.165, 1.54) is 38.5 Å². The van der Waals surface area contributed by atoms with Crippen molar-refractivity contribution in [3.8, 4) is 0 Å². The number of carbonyl (C=O) groups is 1. The van der Waals surface area contributed by atoms with E-state index in [0.29, 0.717) is 19.2 Å². The SMILES string of the molecule is CCOC(=O)CN(CC1CC2CCC1C2)C1CC1. The number of hydrogen-bond donors (Lipinski definition) is 0. The molecule has 0 aliphatic heterocycles. The van der Waals surface area contributed by atoms with Crippen molar-refractivity contribution in [1.29, 1.82) is 0 Å². The first-order chi connectivity index (χ1) is 8.76. The molecule has 3 heteroatoms. The second-order valence-electron chi connectivity index (χ2n) is 6.40. The number of carbonyl (C=O) groups excluding carboxylic acids is 1. The molecule has 2 bridgehead atoms. The van der Waals surface area contributed by atoms with Crippen molar-refractivity contribution in [3.63, 3.8) is 0 Å². The summed E-state index contributed by atoms with van der Waals surface area (Å²) < 4.78 is 5.10. The van der Waals surface area contributed by atoms with E-state index in [1.807, 2.05) is 6.92 Å². The average Bonchev–Trinajstić information content (AvgIpc) is 2.99. The predicted molar refractivity (Wildman–Crippen MR) is 70.2 cm³/mol. The van der Waals surface area contributed by atoms with Gasteiger partial charge in [0.25, 0.3) is 0 Å². The van der Waals surface area contributed by atoms with E-state index in [-0.39, 0.29) is 5.97 Å². The van der Waals surface area contributed by atoms with Crippen molar-refractivity contribution in [1.82, 2.24) is 4.90 Å². The molecular formula is C15H25NO2. The molecule has 18 heavy (non-hydrogen) atoms. The van der Waals surface area contributed by atoms with Gasteiger partial charge in [0.05, 0.1) is 13.2 Å². The number of ether oxygens (including phenoxy) is 1. The second-order valence-corrected chi connectivity index (χ2v) is 6.40. The molecule has 3 rings (SSSR count). The molecule has 3 saturated carbocycles. The highest BCUT2D eigenvalue weighted by atomic mass is 16.5. The smallest absolute Gasteiger partial charge is 0.320 e. The normalized spacial score (nSPS) is 34.2. The minimum Gasteiger partial charge on any atom is -0.465 e. The Morgan fingerprint density at radius 2 is 2.06 bits per heavy atom. The molecule has 0 aromatic carbocycles.